The number of morpholine rings is 1. The molecule has 2 unspecified atom stereocenters. The van der Waals surface area contributed by atoms with Crippen molar-refractivity contribution in [3.63, 3.8) is 0 Å². The van der Waals surface area contributed by atoms with Crippen molar-refractivity contribution in [1.29, 1.82) is 0 Å². The molecular formula is C23H23NO4. The van der Waals surface area contributed by atoms with E-state index < -0.39 is 5.41 Å². The molecule has 1 aliphatic rings. The number of hydrogen-bond acceptors (Lipinski definition) is 5. The first-order valence-electron chi connectivity index (χ1n) is 9.48. The molecule has 3 aromatic rings. The number of ether oxygens (including phenoxy) is 1. The molecule has 1 saturated heterocycles. The van der Waals surface area contributed by atoms with Gasteiger partial charge in [-0.15, -0.1) is 6.58 Å². The first kappa shape index (κ1) is 18.6. The van der Waals surface area contributed by atoms with Gasteiger partial charge in [-0.3, -0.25) is 9.59 Å². The average molecular weight is 377 g/mol. The third-order valence-electron chi connectivity index (χ3n) is 5.56. The summed E-state index contributed by atoms with van der Waals surface area (Å²) in [4.78, 5) is 26.4. The molecule has 0 spiro atoms. The summed E-state index contributed by atoms with van der Waals surface area (Å²) in [5.74, 6) is -0.0597. The first-order chi connectivity index (χ1) is 13.5. The lowest BCUT2D eigenvalue weighted by atomic mass is 9.74. The molecule has 2 aromatic carbocycles. The van der Waals surface area contributed by atoms with Crippen LogP contribution in [0.25, 0.3) is 21.9 Å². The number of fused-ring (bicyclic) bond motifs is 2. The maximum absolute atomic E-state index is 13.5. The molecule has 1 aliphatic heterocycles. The SMILES string of the molecule is C=CCC(C)(C(=O)c1ccc2oc3ccccc3c(=O)c2c1)C1CNCCO1. The van der Waals surface area contributed by atoms with E-state index in [2.05, 4.69) is 11.9 Å². The van der Waals surface area contributed by atoms with Gasteiger partial charge in [0.25, 0.3) is 0 Å². The van der Waals surface area contributed by atoms with Crippen molar-refractivity contribution in [2.45, 2.75) is 19.4 Å². The Morgan fingerprint density at radius 3 is 2.79 bits per heavy atom. The lowest BCUT2D eigenvalue weighted by Crippen LogP contribution is -2.51. The molecule has 0 bridgehead atoms. The quantitative estimate of drug-likeness (QED) is 0.417. The lowest BCUT2D eigenvalue weighted by Gasteiger charge is -2.38. The van der Waals surface area contributed by atoms with Crippen LogP contribution in [0.3, 0.4) is 0 Å². The van der Waals surface area contributed by atoms with Crippen LogP contribution in [-0.2, 0) is 4.74 Å². The number of rotatable bonds is 5. The molecular weight excluding hydrogens is 354 g/mol. The van der Waals surface area contributed by atoms with E-state index in [-0.39, 0.29) is 17.3 Å². The van der Waals surface area contributed by atoms with E-state index in [9.17, 15) is 9.59 Å². The molecule has 1 N–H and O–H groups in total. The molecule has 144 valence electrons. The van der Waals surface area contributed by atoms with Crippen molar-refractivity contribution in [3.8, 4) is 0 Å². The van der Waals surface area contributed by atoms with Gasteiger partial charge in [0.2, 0.25) is 5.43 Å². The summed E-state index contributed by atoms with van der Waals surface area (Å²) < 4.78 is 11.7. The standard InChI is InChI=1S/C23H23NO4/c1-3-10-23(2,20-14-24-11-12-27-20)22(26)15-8-9-19-17(13-15)21(25)16-6-4-5-7-18(16)28-19/h3-9,13,20,24H,1,10-12,14H2,2H3. The van der Waals surface area contributed by atoms with Crippen molar-refractivity contribution in [3.05, 3.63) is 70.9 Å². The smallest absolute Gasteiger partial charge is 0.200 e. The summed E-state index contributed by atoms with van der Waals surface area (Å²) in [5, 5.41) is 4.21. The Morgan fingerprint density at radius 1 is 1.25 bits per heavy atom. The summed E-state index contributed by atoms with van der Waals surface area (Å²) in [6.07, 6.45) is 1.98. The number of carbonyl (C=O) groups is 1. The molecule has 0 aliphatic carbocycles. The zero-order chi connectivity index (χ0) is 19.7. The highest BCUT2D eigenvalue weighted by molar-refractivity contribution is 6.04. The second-order valence-corrected chi connectivity index (χ2v) is 7.44. The predicted octanol–water partition coefficient (Wildman–Crippen LogP) is 3.70. The van der Waals surface area contributed by atoms with Gasteiger partial charge in [0, 0.05) is 18.7 Å². The number of allylic oxidation sites excluding steroid dienone is 1. The van der Waals surface area contributed by atoms with E-state index in [0.717, 1.165) is 6.54 Å². The molecule has 5 heteroatoms. The maximum atomic E-state index is 13.5. The van der Waals surface area contributed by atoms with Crippen LogP contribution in [0.4, 0.5) is 0 Å². The van der Waals surface area contributed by atoms with Gasteiger partial charge >= 0.3 is 0 Å². The average Bonchev–Trinajstić information content (AvgIpc) is 2.74. The summed E-state index contributed by atoms with van der Waals surface area (Å²) in [6.45, 7) is 7.68. The molecule has 5 nitrogen and oxygen atoms in total. The van der Waals surface area contributed by atoms with Gasteiger partial charge < -0.3 is 14.5 Å². The van der Waals surface area contributed by atoms with Crippen molar-refractivity contribution >= 4 is 27.7 Å². The van der Waals surface area contributed by atoms with E-state index in [4.69, 9.17) is 9.15 Å². The van der Waals surface area contributed by atoms with E-state index in [1.807, 2.05) is 13.0 Å². The molecule has 4 rings (SSSR count). The van der Waals surface area contributed by atoms with Gasteiger partial charge in [-0.2, -0.15) is 0 Å². The van der Waals surface area contributed by atoms with E-state index in [0.29, 0.717) is 47.1 Å². The van der Waals surface area contributed by atoms with Gasteiger partial charge in [0.1, 0.15) is 11.2 Å². The third kappa shape index (κ3) is 3.07. The second kappa shape index (κ2) is 7.34. The number of para-hydroxylation sites is 1. The number of benzene rings is 2. The van der Waals surface area contributed by atoms with Gasteiger partial charge in [-0.25, -0.2) is 0 Å². The zero-order valence-electron chi connectivity index (χ0n) is 15.9. The van der Waals surface area contributed by atoms with Gasteiger partial charge in [-0.05, 0) is 43.7 Å². The Labute approximate surface area is 163 Å². The maximum Gasteiger partial charge on any atom is 0.200 e. The van der Waals surface area contributed by atoms with Crippen molar-refractivity contribution in [2.24, 2.45) is 5.41 Å². The van der Waals surface area contributed by atoms with Gasteiger partial charge in [0.15, 0.2) is 5.78 Å². The van der Waals surface area contributed by atoms with Crippen LogP contribution >= 0.6 is 0 Å². The first-order valence-corrected chi connectivity index (χ1v) is 9.48. The number of Topliss-reactive ketones (excluding diaryl/α,β-unsaturated/α-hetero) is 1. The van der Waals surface area contributed by atoms with Crippen molar-refractivity contribution in [2.75, 3.05) is 19.7 Å². The monoisotopic (exact) mass is 377 g/mol. The topological polar surface area (TPSA) is 68.5 Å². The highest BCUT2D eigenvalue weighted by atomic mass is 16.5. The highest BCUT2D eigenvalue weighted by Gasteiger charge is 2.42. The fraction of sp³-hybridized carbons (Fsp3) is 0.304. The summed E-state index contributed by atoms with van der Waals surface area (Å²) in [6, 6.07) is 12.2. The highest BCUT2D eigenvalue weighted by Crippen LogP contribution is 2.34. The Kier molecular flexibility index (Phi) is 4.87. The summed E-state index contributed by atoms with van der Waals surface area (Å²) in [7, 11) is 0. The van der Waals surface area contributed by atoms with Crippen molar-refractivity contribution < 1.29 is 13.9 Å². The minimum atomic E-state index is -0.764. The molecule has 2 atom stereocenters. The van der Waals surface area contributed by atoms with Gasteiger partial charge in [-0.1, -0.05) is 18.2 Å². The third-order valence-corrected chi connectivity index (χ3v) is 5.56. The predicted molar refractivity (Wildman–Crippen MR) is 110 cm³/mol. The Bertz CT molecular complexity index is 1110. The van der Waals surface area contributed by atoms with Crippen molar-refractivity contribution in [1.82, 2.24) is 5.32 Å². The van der Waals surface area contributed by atoms with Crippen LogP contribution in [0, 0.1) is 5.41 Å². The van der Waals surface area contributed by atoms with Crippen LogP contribution in [0.15, 0.2) is 64.3 Å². The number of carbonyl (C=O) groups excluding carboxylic acids is 1. The molecule has 0 radical (unpaired) electrons. The van der Waals surface area contributed by atoms with E-state index >= 15 is 0 Å². The van der Waals surface area contributed by atoms with E-state index in [1.165, 1.54) is 0 Å². The lowest BCUT2D eigenvalue weighted by molar-refractivity contribution is -0.0377. The fourth-order valence-corrected chi connectivity index (χ4v) is 3.92. The number of nitrogens with one attached hydrogen (secondary N) is 1. The molecule has 28 heavy (non-hydrogen) atoms. The Morgan fingerprint density at radius 2 is 2.04 bits per heavy atom. The molecule has 2 heterocycles. The van der Waals surface area contributed by atoms with Gasteiger partial charge in [0.05, 0.1) is 28.9 Å². The number of ketones is 1. The zero-order valence-corrected chi connectivity index (χ0v) is 15.9. The molecule has 1 fully saturated rings. The minimum Gasteiger partial charge on any atom is -0.456 e. The van der Waals surface area contributed by atoms with Crippen LogP contribution in [0.1, 0.15) is 23.7 Å². The van der Waals surface area contributed by atoms with Crippen LogP contribution < -0.4 is 10.7 Å². The van der Waals surface area contributed by atoms with E-state index in [1.54, 1.807) is 42.5 Å². The Hall–Kier alpha value is -2.76. The largest absolute Gasteiger partial charge is 0.456 e. The van der Waals surface area contributed by atoms with Crippen LogP contribution in [-0.4, -0.2) is 31.6 Å². The Balaban J connectivity index is 1.81. The molecule has 1 aromatic heterocycles. The molecule has 0 amide bonds. The number of hydrogen-bond donors (Lipinski definition) is 1. The molecule has 0 saturated carbocycles. The van der Waals surface area contributed by atoms with Crippen LogP contribution in [0.2, 0.25) is 0 Å². The summed E-state index contributed by atoms with van der Waals surface area (Å²) >= 11 is 0. The fourth-order valence-electron chi connectivity index (χ4n) is 3.92. The second-order valence-electron chi connectivity index (χ2n) is 7.44. The summed E-state index contributed by atoms with van der Waals surface area (Å²) in [5.41, 5.74) is 0.597. The normalized spacial score (nSPS) is 19.4. The minimum absolute atomic E-state index is 0.0597. The van der Waals surface area contributed by atoms with Crippen LogP contribution in [0.5, 0.6) is 0 Å².